The molecule has 0 spiro atoms. The zero-order chi connectivity index (χ0) is 16.1. The molecule has 2 N–H and O–H groups in total. The molecule has 22 heavy (non-hydrogen) atoms. The Kier molecular flexibility index (Phi) is 5.30. The average molecular weight is 339 g/mol. The lowest BCUT2D eigenvalue weighted by Gasteiger charge is -2.12. The van der Waals surface area contributed by atoms with Crippen LogP contribution in [0.5, 0.6) is 0 Å². The number of carbonyl (C=O) groups excluding carboxylic acids is 1. The second kappa shape index (κ2) is 7.20. The molecule has 2 aromatic carbocycles. The Labute approximate surface area is 137 Å². The Morgan fingerprint density at radius 1 is 1.23 bits per heavy atom. The normalized spacial score (nSPS) is 9.95. The number of hydrogen-bond acceptors (Lipinski definition) is 3. The van der Waals surface area contributed by atoms with Gasteiger partial charge < -0.3 is 15.4 Å². The fourth-order valence-electron chi connectivity index (χ4n) is 1.73. The third-order valence-electron chi connectivity index (χ3n) is 2.74. The fraction of sp³-hybridized carbons (Fsp3) is 0.0667. The highest BCUT2D eigenvalue weighted by atomic mass is 35.5. The van der Waals surface area contributed by atoms with Crippen molar-refractivity contribution in [2.24, 2.45) is 0 Å². The molecular weight excluding hydrogens is 327 g/mol. The predicted octanol–water partition coefficient (Wildman–Crippen LogP) is 4.07. The highest BCUT2D eigenvalue weighted by Crippen LogP contribution is 2.22. The van der Waals surface area contributed by atoms with Gasteiger partial charge in [0, 0.05) is 5.69 Å². The molecule has 0 amide bonds. The van der Waals surface area contributed by atoms with Gasteiger partial charge in [-0.05, 0) is 42.5 Å². The molecule has 0 aliphatic rings. The minimum absolute atomic E-state index is 0.000452. The van der Waals surface area contributed by atoms with Crippen LogP contribution >= 0.6 is 23.8 Å². The summed E-state index contributed by atoms with van der Waals surface area (Å²) in [6.45, 7) is 0. The Hall–Kier alpha value is -2.18. The van der Waals surface area contributed by atoms with E-state index in [4.69, 9.17) is 23.8 Å². The van der Waals surface area contributed by atoms with Gasteiger partial charge in [0.15, 0.2) is 10.9 Å². The number of methoxy groups -OCH3 is 1. The van der Waals surface area contributed by atoms with Crippen LogP contribution in [-0.2, 0) is 4.74 Å². The molecule has 0 unspecified atom stereocenters. The van der Waals surface area contributed by atoms with Crippen molar-refractivity contribution in [3.8, 4) is 0 Å². The first-order valence-electron chi connectivity index (χ1n) is 6.21. The van der Waals surface area contributed by atoms with Gasteiger partial charge in [-0.15, -0.1) is 0 Å². The van der Waals surface area contributed by atoms with Crippen LogP contribution in [0.3, 0.4) is 0 Å². The number of rotatable bonds is 3. The van der Waals surface area contributed by atoms with Gasteiger partial charge in [0.05, 0.1) is 23.4 Å². The van der Waals surface area contributed by atoms with E-state index in [1.54, 1.807) is 30.3 Å². The molecule has 2 rings (SSSR count). The van der Waals surface area contributed by atoms with Crippen molar-refractivity contribution in [2.75, 3.05) is 17.7 Å². The lowest BCUT2D eigenvalue weighted by Crippen LogP contribution is -2.20. The van der Waals surface area contributed by atoms with Gasteiger partial charge in [-0.2, -0.15) is 0 Å². The summed E-state index contributed by atoms with van der Waals surface area (Å²) in [5.74, 6) is -1.04. The van der Waals surface area contributed by atoms with Crippen LogP contribution in [0.4, 0.5) is 15.8 Å². The first-order valence-corrected chi connectivity index (χ1v) is 7.00. The summed E-state index contributed by atoms with van der Waals surface area (Å²) < 4.78 is 18.4. The summed E-state index contributed by atoms with van der Waals surface area (Å²) >= 11 is 10.8. The highest BCUT2D eigenvalue weighted by Gasteiger charge is 2.09. The van der Waals surface area contributed by atoms with E-state index < -0.39 is 11.8 Å². The van der Waals surface area contributed by atoms with E-state index in [0.29, 0.717) is 11.3 Å². The number of thiocarbonyl (C=S) groups is 1. The van der Waals surface area contributed by atoms with Gasteiger partial charge in [-0.3, -0.25) is 0 Å². The summed E-state index contributed by atoms with van der Waals surface area (Å²) in [5.41, 5.74) is 1.11. The molecule has 114 valence electrons. The Balaban J connectivity index is 2.09. The number of hydrogen-bond donors (Lipinski definition) is 2. The second-order valence-corrected chi connectivity index (χ2v) is 5.07. The van der Waals surface area contributed by atoms with Crippen molar-refractivity contribution in [1.29, 1.82) is 0 Å². The van der Waals surface area contributed by atoms with Crippen molar-refractivity contribution in [3.05, 3.63) is 58.9 Å². The van der Waals surface area contributed by atoms with Gasteiger partial charge in [0.25, 0.3) is 0 Å². The van der Waals surface area contributed by atoms with Gasteiger partial charge >= 0.3 is 5.97 Å². The van der Waals surface area contributed by atoms with Gasteiger partial charge in [0.1, 0.15) is 0 Å². The number of nitrogens with one attached hydrogen (secondary N) is 2. The maximum atomic E-state index is 13.8. The van der Waals surface area contributed by atoms with E-state index in [9.17, 15) is 9.18 Å². The molecule has 0 atom stereocenters. The fourth-order valence-corrected chi connectivity index (χ4v) is 2.13. The van der Waals surface area contributed by atoms with Crippen LogP contribution in [0.15, 0.2) is 42.5 Å². The number of anilines is 2. The highest BCUT2D eigenvalue weighted by molar-refractivity contribution is 7.80. The van der Waals surface area contributed by atoms with Crippen LogP contribution < -0.4 is 10.6 Å². The first-order chi connectivity index (χ1) is 10.5. The van der Waals surface area contributed by atoms with Gasteiger partial charge in [-0.25, -0.2) is 9.18 Å². The van der Waals surface area contributed by atoms with E-state index in [0.717, 1.165) is 0 Å². The monoisotopic (exact) mass is 338 g/mol. The summed E-state index contributed by atoms with van der Waals surface area (Å²) in [7, 11) is 1.30. The third-order valence-corrected chi connectivity index (χ3v) is 3.24. The molecule has 0 aliphatic carbocycles. The number of benzene rings is 2. The van der Waals surface area contributed by atoms with Crippen LogP contribution in [0.2, 0.25) is 5.02 Å². The molecule has 0 aromatic heterocycles. The Morgan fingerprint density at radius 3 is 2.68 bits per heavy atom. The maximum absolute atomic E-state index is 13.8. The summed E-state index contributed by atoms with van der Waals surface area (Å²) in [4.78, 5) is 11.5. The predicted molar refractivity (Wildman–Crippen MR) is 89.0 cm³/mol. The second-order valence-electron chi connectivity index (χ2n) is 4.25. The zero-order valence-electron chi connectivity index (χ0n) is 11.5. The van der Waals surface area contributed by atoms with Crippen molar-refractivity contribution < 1.29 is 13.9 Å². The van der Waals surface area contributed by atoms with Crippen molar-refractivity contribution >= 4 is 46.3 Å². The SMILES string of the molecule is COC(=O)c1cccc(NC(=S)Nc2cccc(Cl)c2F)c1. The number of halogens is 2. The molecule has 0 aliphatic heterocycles. The molecule has 0 saturated heterocycles. The lowest BCUT2D eigenvalue weighted by molar-refractivity contribution is 0.0601. The van der Waals surface area contributed by atoms with E-state index in [1.807, 2.05) is 0 Å². The molecular formula is C15H12ClFN2O2S. The molecule has 0 heterocycles. The van der Waals surface area contributed by atoms with Gasteiger partial charge in [-0.1, -0.05) is 23.7 Å². The van der Waals surface area contributed by atoms with Crippen LogP contribution in [0.1, 0.15) is 10.4 Å². The average Bonchev–Trinajstić information content (AvgIpc) is 2.51. The molecule has 0 fully saturated rings. The third kappa shape index (κ3) is 3.93. The van der Waals surface area contributed by atoms with E-state index >= 15 is 0 Å². The topological polar surface area (TPSA) is 50.4 Å². The minimum Gasteiger partial charge on any atom is -0.465 e. The summed E-state index contributed by atoms with van der Waals surface area (Å²) in [6.07, 6.45) is 0. The zero-order valence-corrected chi connectivity index (χ0v) is 13.1. The molecule has 0 saturated carbocycles. The van der Waals surface area contributed by atoms with Crippen LogP contribution in [0.25, 0.3) is 0 Å². The lowest BCUT2D eigenvalue weighted by atomic mass is 10.2. The standard InChI is InChI=1S/C15H12ClFN2O2S/c1-21-14(20)9-4-2-5-10(8-9)18-15(22)19-12-7-3-6-11(16)13(12)17/h2-8H,1H3,(H2,18,19,22). The number of esters is 1. The van der Waals surface area contributed by atoms with E-state index in [2.05, 4.69) is 15.4 Å². The van der Waals surface area contributed by atoms with Crippen LogP contribution in [0, 0.1) is 5.82 Å². The number of carbonyl (C=O) groups is 1. The van der Waals surface area contributed by atoms with Crippen molar-refractivity contribution in [2.45, 2.75) is 0 Å². The van der Waals surface area contributed by atoms with Crippen molar-refractivity contribution in [3.63, 3.8) is 0 Å². The summed E-state index contributed by atoms with van der Waals surface area (Å²) in [5, 5.41) is 5.74. The quantitative estimate of drug-likeness (QED) is 0.652. The van der Waals surface area contributed by atoms with E-state index in [1.165, 1.54) is 19.2 Å². The molecule has 0 radical (unpaired) electrons. The first kappa shape index (κ1) is 16.2. The molecule has 2 aromatic rings. The smallest absolute Gasteiger partial charge is 0.337 e. The van der Waals surface area contributed by atoms with Crippen LogP contribution in [-0.4, -0.2) is 18.2 Å². The largest absolute Gasteiger partial charge is 0.465 e. The summed E-state index contributed by atoms with van der Waals surface area (Å²) in [6, 6.07) is 11.1. The maximum Gasteiger partial charge on any atom is 0.337 e. The van der Waals surface area contributed by atoms with Gasteiger partial charge in [0.2, 0.25) is 0 Å². The molecule has 7 heteroatoms. The Bertz CT molecular complexity index is 724. The minimum atomic E-state index is -0.586. The number of ether oxygens (including phenoxy) is 1. The molecule has 0 bridgehead atoms. The Morgan fingerprint density at radius 2 is 1.95 bits per heavy atom. The van der Waals surface area contributed by atoms with E-state index in [-0.39, 0.29) is 15.8 Å². The molecule has 4 nitrogen and oxygen atoms in total. The van der Waals surface area contributed by atoms with Crippen molar-refractivity contribution in [1.82, 2.24) is 0 Å².